The molecule has 0 unspecified atom stereocenters. The van der Waals surface area contributed by atoms with E-state index in [4.69, 9.17) is 5.73 Å². The van der Waals surface area contributed by atoms with Gasteiger partial charge in [-0.25, -0.2) is 0 Å². The van der Waals surface area contributed by atoms with Crippen LogP contribution in [0.25, 0.3) is 0 Å². The molecule has 0 spiro atoms. The molecule has 0 aromatic carbocycles. The molecule has 1 heterocycles. The molecular weight excluding hydrogens is 150 g/mol. The van der Waals surface area contributed by atoms with Crippen LogP contribution >= 0.6 is 0 Å². The second-order valence-electron chi connectivity index (χ2n) is 3.45. The van der Waals surface area contributed by atoms with Crippen LogP contribution in [0, 0.1) is 0 Å². The molecule has 2 N–H and O–H groups in total. The monoisotopic (exact) mass is 165 g/mol. The van der Waals surface area contributed by atoms with Crippen molar-refractivity contribution >= 4 is 5.69 Å². The molecule has 1 aliphatic carbocycles. The summed E-state index contributed by atoms with van der Waals surface area (Å²) in [4.78, 5) is 0. The number of nitrogens with zero attached hydrogens (tertiary/aromatic N) is 2. The fourth-order valence-electron chi connectivity index (χ4n) is 1.61. The van der Waals surface area contributed by atoms with Crippen LogP contribution in [-0.2, 0) is 6.54 Å². The molecule has 1 saturated carbocycles. The third-order valence-electron chi connectivity index (χ3n) is 2.64. The smallest absolute Gasteiger partial charge is 0.0884 e. The fourth-order valence-corrected chi connectivity index (χ4v) is 1.61. The first-order valence-electron chi connectivity index (χ1n) is 4.64. The number of nitrogens with two attached hydrogens (primary N) is 1. The SMILES string of the molecule is CCn1cc(N)c(C2CCC2)n1. The van der Waals surface area contributed by atoms with Crippen molar-refractivity contribution < 1.29 is 0 Å². The summed E-state index contributed by atoms with van der Waals surface area (Å²) in [7, 11) is 0. The van der Waals surface area contributed by atoms with Crippen molar-refractivity contribution in [1.29, 1.82) is 0 Å². The fraction of sp³-hybridized carbons (Fsp3) is 0.667. The van der Waals surface area contributed by atoms with Gasteiger partial charge >= 0.3 is 0 Å². The molecular formula is C9H15N3. The maximum Gasteiger partial charge on any atom is 0.0884 e. The van der Waals surface area contributed by atoms with Crippen LogP contribution in [0.2, 0.25) is 0 Å². The van der Waals surface area contributed by atoms with E-state index in [9.17, 15) is 0 Å². The molecule has 0 bridgehead atoms. The van der Waals surface area contributed by atoms with E-state index in [2.05, 4.69) is 12.0 Å². The maximum absolute atomic E-state index is 5.84. The van der Waals surface area contributed by atoms with Gasteiger partial charge in [-0.15, -0.1) is 0 Å². The lowest BCUT2D eigenvalue weighted by atomic mass is 9.82. The Kier molecular flexibility index (Phi) is 1.79. The van der Waals surface area contributed by atoms with Gasteiger partial charge in [-0.1, -0.05) is 6.42 Å². The summed E-state index contributed by atoms with van der Waals surface area (Å²) in [6.45, 7) is 2.99. The molecule has 3 heteroatoms. The number of hydrogen-bond donors (Lipinski definition) is 1. The van der Waals surface area contributed by atoms with Crippen molar-refractivity contribution in [2.24, 2.45) is 0 Å². The number of aromatic nitrogens is 2. The minimum atomic E-state index is 0.651. The zero-order chi connectivity index (χ0) is 8.55. The Bertz CT molecular complexity index is 273. The molecule has 12 heavy (non-hydrogen) atoms. The van der Waals surface area contributed by atoms with E-state index in [1.165, 1.54) is 19.3 Å². The Morgan fingerprint density at radius 1 is 1.67 bits per heavy atom. The number of aryl methyl sites for hydroxylation is 1. The molecule has 1 aromatic heterocycles. The molecule has 1 fully saturated rings. The summed E-state index contributed by atoms with van der Waals surface area (Å²) in [6.07, 6.45) is 5.81. The summed E-state index contributed by atoms with van der Waals surface area (Å²) >= 11 is 0. The summed E-state index contributed by atoms with van der Waals surface area (Å²) in [6, 6.07) is 0. The third kappa shape index (κ3) is 1.09. The molecule has 0 aliphatic heterocycles. The van der Waals surface area contributed by atoms with Gasteiger partial charge in [0.2, 0.25) is 0 Å². The van der Waals surface area contributed by atoms with Gasteiger partial charge in [0.25, 0.3) is 0 Å². The zero-order valence-electron chi connectivity index (χ0n) is 7.45. The van der Waals surface area contributed by atoms with E-state index in [1.54, 1.807) is 0 Å². The molecule has 1 aromatic rings. The highest BCUT2D eigenvalue weighted by atomic mass is 15.3. The summed E-state index contributed by atoms with van der Waals surface area (Å²) in [5, 5.41) is 4.44. The van der Waals surface area contributed by atoms with Gasteiger partial charge in [-0.2, -0.15) is 5.10 Å². The van der Waals surface area contributed by atoms with Gasteiger partial charge in [-0.05, 0) is 19.8 Å². The molecule has 66 valence electrons. The first-order chi connectivity index (χ1) is 5.81. The average molecular weight is 165 g/mol. The predicted molar refractivity (Wildman–Crippen MR) is 48.9 cm³/mol. The van der Waals surface area contributed by atoms with E-state index in [0.29, 0.717) is 5.92 Å². The van der Waals surface area contributed by atoms with Crippen molar-refractivity contribution in [3.63, 3.8) is 0 Å². The second kappa shape index (κ2) is 2.81. The molecule has 0 radical (unpaired) electrons. The Labute approximate surface area is 72.6 Å². The lowest BCUT2D eigenvalue weighted by molar-refractivity contribution is 0.407. The van der Waals surface area contributed by atoms with Crippen LogP contribution in [0.5, 0.6) is 0 Å². The van der Waals surface area contributed by atoms with Crippen molar-refractivity contribution in [1.82, 2.24) is 9.78 Å². The lowest BCUT2D eigenvalue weighted by Gasteiger charge is -2.23. The second-order valence-corrected chi connectivity index (χ2v) is 3.45. The van der Waals surface area contributed by atoms with E-state index in [1.807, 2.05) is 10.9 Å². The van der Waals surface area contributed by atoms with Gasteiger partial charge in [0.1, 0.15) is 0 Å². The van der Waals surface area contributed by atoms with Crippen molar-refractivity contribution in [2.75, 3.05) is 5.73 Å². The Hall–Kier alpha value is -0.990. The lowest BCUT2D eigenvalue weighted by Crippen LogP contribution is -2.11. The average Bonchev–Trinajstić information content (AvgIpc) is 2.29. The van der Waals surface area contributed by atoms with Crippen LogP contribution in [0.3, 0.4) is 0 Å². The van der Waals surface area contributed by atoms with Gasteiger partial charge < -0.3 is 5.73 Å². The summed E-state index contributed by atoms with van der Waals surface area (Å²) in [5.41, 5.74) is 7.85. The molecule has 0 atom stereocenters. The minimum absolute atomic E-state index is 0.651. The van der Waals surface area contributed by atoms with E-state index < -0.39 is 0 Å². The Morgan fingerprint density at radius 3 is 2.83 bits per heavy atom. The normalized spacial score (nSPS) is 17.8. The first kappa shape index (κ1) is 7.65. The van der Waals surface area contributed by atoms with Gasteiger partial charge in [0, 0.05) is 18.7 Å². The van der Waals surface area contributed by atoms with Crippen molar-refractivity contribution in [3.05, 3.63) is 11.9 Å². The van der Waals surface area contributed by atoms with Gasteiger partial charge in [0.15, 0.2) is 0 Å². The highest BCUT2D eigenvalue weighted by Crippen LogP contribution is 2.37. The summed E-state index contributed by atoms with van der Waals surface area (Å²) in [5.74, 6) is 0.651. The van der Waals surface area contributed by atoms with Crippen LogP contribution < -0.4 is 5.73 Å². The topological polar surface area (TPSA) is 43.8 Å². The van der Waals surface area contributed by atoms with Crippen LogP contribution in [-0.4, -0.2) is 9.78 Å². The third-order valence-corrected chi connectivity index (χ3v) is 2.64. The van der Waals surface area contributed by atoms with Gasteiger partial charge in [-0.3, -0.25) is 4.68 Å². The standard InChI is InChI=1S/C9H15N3/c1-2-12-6-8(10)9(11-12)7-4-3-5-7/h6-7H,2-5,10H2,1H3. The largest absolute Gasteiger partial charge is 0.396 e. The van der Waals surface area contributed by atoms with Crippen molar-refractivity contribution in [3.8, 4) is 0 Å². The van der Waals surface area contributed by atoms with E-state index in [0.717, 1.165) is 17.9 Å². The van der Waals surface area contributed by atoms with Gasteiger partial charge in [0.05, 0.1) is 11.4 Å². The molecule has 2 rings (SSSR count). The first-order valence-corrected chi connectivity index (χ1v) is 4.64. The molecule has 3 nitrogen and oxygen atoms in total. The maximum atomic E-state index is 5.84. The van der Waals surface area contributed by atoms with Crippen LogP contribution in [0.1, 0.15) is 37.8 Å². The number of anilines is 1. The predicted octanol–water partition coefficient (Wildman–Crippen LogP) is 1.75. The number of hydrogen-bond acceptors (Lipinski definition) is 2. The molecule has 0 amide bonds. The zero-order valence-corrected chi connectivity index (χ0v) is 7.45. The highest BCUT2D eigenvalue weighted by molar-refractivity contribution is 5.43. The quantitative estimate of drug-likeness (QED) is 0.725. The van der Waals surface area contributed by atoms with E-state index >= 15 is 0 Å². The van der Waals surface area contributed by atoms with E-state index in [-0.39, 0.29) is 0 Å². The minimum Gasteiger partial charge on any atom is -0.396 e. The number of nitrogen functional groups attached to an aromatic ring is 1. The molecule has 1 aliphatic rings. The highest BCUT2D eigenvalue weighted by Gasteiger charge is 2.24. The summed E-state index contributed by atoms with van der Waals surface area (Å²) < 4.78 is 1.92. The molecule has 0 saturated heterocycles. The van der Waals surface area contributed by atoms with Crippen LogP contribution in [0.4, 0.5) is 5.69 Å². The number of rotatable bonds is 2. The van der Waals surface area contributed by atoms with Crippen LogP contribution in [0.15, 0.2) is 6.20 Å². The Balaban J connectivity index is 2.23. The Morgan fingerprint density at radius 2 is 2.42 bits per heavy atom. The van der Waals surface area contributed by atoms with Crippen molar-refractivity contribution in [2.45, 2.75) is 38.6 Å².